The van der Waals surface area contributed by atoms with Crippen molar-refractivity contribution in [3.8, 4) is 17.1 Å². The summed E-state index contributed by atoms with van der Waals surface area (Å²) in [4.78, 5) is 4.32. The first-order valence-electron chi connectivity index (χ1n) is 8.78. The first-order valence-corrected chi connectivity index (χ1v) is 9.95. The molecular formula is C18H15BrClF3N4O2. The van der Waals surface area contributed by atoms with E-state index >= 15 is 0 Å². The Morgan fingerprint density at radius 1 is 1.34 bits per heavy atom. The molecule has 0 saturated heterocycles. The van der Waals surface area contributed by atoms with E-state index in [2.05, 4.69) is 31.2 Å². The molecule has 0 radical (unpaired) electrons. The van der Waals surface area contributed by atoms with Gasteiger partial charge in [0, 0.05) is 17.4 Å². The summed E-state index contributed by atoms with van der Waals surface area (Å²) in [6, 6.07) is 5.02. The third-order valence-corrected chi connectivity index (χ3v) is 5.59. The van der Waals surface area contributed by atoms with Crippen molar-refractivity contribution in [3.63, 3.8) is 0 Å². The predicted molar refractivity (Wildman–Crippen MR) is 102 cm³/mol. The molecule has 2 aromatic heterocycles. The number of benzene rings is 1. The van der Waals surface area contributed by atoms with Gasteiger partial charge >= 0.3 is 6.18 Å². The Labute approximate surface area is 177 Å². The fourth-order valence-corrected chi connectivity index (χ4v) is 4.08. The van der Waals surface area contributed by atoms with E-state index in [-0.39, 0.29) is 29.2 Å². The van der Waals surface area contributed by atoms with Gasteiger partial charge in [-0.3, -0.25) is 4.68 Å². The van der Waals surface area contributed by atoms with Crippen LogP contribution < -0.4 is 4.74 Å². The fraction of sp³-hybridized carbons (Fsp3) is 0.389. The second kappa shape index (κ2) is 7.64. The van der Waals surface area contributed by atoms with Crippen LogP contribution in [0, 0.1) is 0 Å². The number of alkyl halides is 3. The summed E-state index contributed by atoms with van der Waals surface area (Å²) in [7, 11) is 1.51. The molecule has 4 rings (SSSR count). The molecule has 3 aromatic rings. The summed E-state index contributed by atoms with van der Waals surface area (Å²) in [5.74, 6) is 1.19. The number of aromatic nitrogens is 4. The monoisotopic (exact) mass is 490 g/mol. The van der Waals surface area contributed by atoms with Gasteiger partial charge in [0.1, 0.15) is 5.75 Å². The molecule has 0 unspecified atom stereocenters. The zero-order valence-electron chi connectivity index (χ0n) is 15.1. The van der Waals surface area contributed by atoms with Crippen molar-refractivity contribution < 1.29 is 22.4 Å². The smallest absolute Gasteiger partial charge is 0.436 e. The first kappa shape index (κ1) is 20.2. The van der Waals surface area contributed by atoms with Crippen LogP contribution in [0.3, 0.4) is 0 Å². The summed E-state index contributed by atoms with van der Waals surface area (Å²) in [6.45, 7) is 0.189. The Morgan fingerprint density at radius 2 is 2.10 bits per heavy atom. The van der Waals surface area contributed by atoms with Crippen LogP contribution in [0.25, 0.3) is 11.4 Å². The summed E-state index contributed by atoms with van der Waals surface area (Å²) >= 11 is 9.11. The minimum absolute atomic E-state index is 0.0161. The molecule has 1 fully saturated rings. The molecule has 0 bridgehead atoms. The summed E-state index contributed by atoms with van der Waals surface area (Å²) in [5, 5.41) is 8.20. The van der Waals surface area contributed by atoms with E-state index in [4.69, 9.17) is 20.9 Å². The second-order valence-corrected chi connectivity index (χ2v) is 7.88. The summed E-state index contributed by atoms with van der Waals surface area (Å²) in [6.07, 6.45) is -2.59. The van der Waals surface area contributed by atoms with Crippen molar-refractivity contribution in [3.05, 3.63) is 45.0 Å². The number of aryl methyl sites for hydroxylation is 2. The lowest BCUT2D eigenvalue weighted by molar-refractivity contribution is -0.142. The van der Waals surface area contributed by atoms with Crippen molar-refractivity contribution in [1.29, 1.82) is 0 Å². The molecule has 2 heterocycles. The molecule has 11 heteroatoms. The number of hydrogen-bond acceptors (Lipinski definition) is 5. The van der Waals surface area contributed by atoms with E-state index in [1.165, 1.54) is 11.8 Å². The molecule has 0 aliphatic heterocycles. The number of rotatable bonds is 6. The molecule has 6 nitrogen and oxygen atoms in total. The van der Waals surface area contributed by atoms with Gasteiger partial charge in [-0.05, 0) is 47.0 Å². The maximum atomic E-state index is 13.2. The summed E-state index contributed by atoms with van der Waals surface area (Å²) in [5.41, 5.74) is 0.220. The Bertz CT molecular complexity index is 1050. The van der Waals surface area contributed by atoms with Crippen LogP contribution in [0.2, 0.25) is 5.02 Å². The number of methoxy groups -OCH3 is 1. The Kier molecular flexibility index (Phi) is 5.32. The topological polar surface area (TPSA) is 66.0 Å². The van der Waals surface area contributed by atoms with Gasteiger partial charge < -0.3 is 9.26 Å². The lowest BCUT2D eigenvalue weighted by Crippen LogP contribution is -2.10. The minimum atomic E-state index is -4.52. The lowest BCUT2D eigenvalue weighted by Gasteiger charge is -2.05. The average Bonchev–Trinajstić information content (AvgIpc) is 3.28. The zero-order chi connectivity index (χ0) is 20.8. The molecule has 0 N–H and O–H groups in total. The molecule has 1 aliphatic carbocycles. The Balaban J connectivity index is 1.56. The SMILES string of the molecule is COc1ccc(Cl)cc1-c1noc(CCn2nc(C(F)(F)F)c(Br)c2C2CC2)n1. The normalized spacial score (nSPS) is 14.4. The van der Waals surface area contributed by atoms with E-state index < -0.39 is 11.9 Å². The van der Waals surface area contributed by atoms with Crippen molar-refractivity contribution in [1.82, 2.24) is 19.9 Å². The van der Waals surface area contributed by atoms with Crippen LogP contribution in [0.4, 0.5) is 13.2 Å². The molecule has 1 aliphatic rings. The van der Waals surface area contributed by atoms with Gasteiger partial charge in [-0.25, -0.2) is 0 Å². The Morgan fingerprint density at radius 3 is 2.76 bits per heavy atom. The third kappa shape index (κ3) is 4.13. The van der Waals surface area contributed by atoms with Crippen LogP contribution in [-0.4, -0.2) is 27.0 Å². The minimum Gasteiger partial charge on any atom is -0.496 e. The van der Waals surface area contributed by atoms with Gasteiger partial charge in [-0.15, -0.1) is 0 Å². The van der Waals surface area contributed by atoms with Crippen molar-refractivity contribution in [2.75, 3.05) is 7.11 Å². The van der Waals surface area contributed by atoms with Crippen LogP contribution in [-0.2, 0) is 19.1 Å². The van der Waals surface area contributed by atoms with Gasteiger partial charge in [0.25, 0.3) is 0 Å². The maximum Gasteiger partial charge on any atom is 0.436 e. The van der Waals surface area contributed by atoms with Gasteiger partial charge in [0.2, 0.25) is 11.7 Å². The van der Waals surface area contributed by atoms with Gasteiger partial charge in [0.05, 0.1) is 29.4 Å². The van der Waals surface area contributed by atoms with Crippen LogP contribution >= 0.6 is 27.5 Å². The highest BCUT2D eigenvalue weighted by Crippen LogP contribution is 2.47. The van der Waals surface area contributed by atoms with E-state index in [0.717, 1.165) is 12.8 Å². The van der Waals surface area contributed by atoms with Crippen LogP contribution in [0.15, 0.2) is 27.2 Å². The molecule has 154 valence electrons. The Hall–Kier alpha value is -2.07. The first-order chi connectivity index (χ1) is 13.8. The number of ether oxygens (including phenoxy) is 1. The quantitative estimate of drug-likeness (QED) is 0.456. The largest absolute Gasteiger partial charge is 0.496 e. The molecule has 1 saturated carbocycles. The van der Waals surface area contributed by atoms with Crippen LogP contribution in [0.5, 0.6) is 5.75 Å². The molecule has 0 spiro atoms. The highest BCUT2D eigenvalue weighted by atomic mass is 79.9. The van der Waals surface area contributed by atoms with E-state index in [1.54, 1.807) is 18.2 Å². The highest BCUT2D eigenvalue weighted by molar-refractivity contribution is 9.10. The number of hydrogen-bond donors (Lipinski definition) is 0. The van der Waals surface area contributed by atoms with E-state index in [1.807, 2.05) is 0 Å². The maximum absolute atomic E-state index is 13.2. The average molecular weight is 492 g/mol. The molecule has 0 atom stereocenters. The van der Waals surface area contributed by atoms with Gasteiger partial charge in [-0.2, -0.15) is 23.3 Å². The molecular weight excluding hydrogens is 477 g/mol. The fourth-order valence-electron chi connectivity index (χ4n) is 3.07. The van der Waals surface area contributed by atoms with Crippen molar-refractivity contribution in [2.24, 2.45) is 0 Å². The number of nitrogens with zero attached hydrogens (tertiary/aromatic N) is 4. The zero-order valence-corrected chi connectivity index (χ0v) is 17.5. The molecule has 29 heavy (non-hydrogen) atoms. The van der Waals surface area contributed by atoms with Gasteiger partial charge in [-0.1, -0.05) is 16.8 Å². The molecule has 1 aromatic carbocycles. The van der Waals surface area contributed by atoms with E-state index in [0.29, 0.717) is 27.9 Å². The molecule has 0 amide bonds. The number of halogens is 5. The highest BCUT2D eigenvalue weighted by Gasteiger charge is 2.41. The van der Waals surface area contributed by atoms with E-state index in [9.17, 15) is 13.2 Å². The van der Waals surface area contributed by atoms with Crippen molar-refractivity contribution in [2.45, 2.75) is 37.9 Å². The lowest BCUT2D eigenvalue weighted by atomic mass is 10.2. The third-order valence-electron chi connectivity index (χ3n) is 4.57. The standard InChI is InChI=1S/C18H15BrClF3N4O2/c1-28-12-5-4-10(20)8-11(12)17-24-13(29-26-17)6-7-27-15(9-2-3-9)14(19)16(25-27)18(21,22)23/h4-5,8-9H,2-3,6-7H2,1H3. The summed E-state index contributed by atoms with van der Waals surface area (Å²) < 4.78 is 51.6. The van der Waals surface area contributed by atoms with Gasteiger partial charge in [0.15, 0.2) is 5.69 Å². The van der Waals surface area contributed by atoms with Crippen molar-refractivity contribution >= 4 is 27.5 Å². The predicted octanol–water partition coefficient (Wildman–Crippen LogP) is 5.50. The second-order valence-electron chi connectivity index (χ2n) is 6.65. The van der Waals surface area contributed by atoms with Crippen LogP contribution in [0.1, 0.15) is 36.0 Å².